The highest BCUT2D eigenvalue weighted by molar-refractivity contribution is 5.84. The lowest BCUT2D eigenvalue weighted by atomic mass is 10.2. The topological polar surface area (TPSA) is 48.1 Å². The van der Waals surface area contributed by atoms with Crippen molar-refractivity contribution in [2.24, 2.45) is 5.73 Å². The normalized spacial score (nSPS) is 10.7. The van der Waals surface area contributed by atoms with E-state index < -0.39 is 0 Å². The molecule has 0 amide bonds. The first-order valence-electron chi connectivity index (χ1n) is 6.59. The predicted octanol–water partition coefficient (Wildman–Crippen LogP) is 3.79. The Balaban J connectivity index is 2.03. The molecule has 0 fully saturated rings. The van der Waals surface area contributed by atoms with Gasteiger partial charge in [0.15, 0.2) is 5.75 Å². The van der Waals surface area contributed by atoms with Crippen LogP contribution < -0.4 is 10.5 Å². The van der Waals surface area contributed by atoms with E-state index in [-0.39, 0.29) is 0 Å². The number of benzene rings is 2. The summed E-state index contributed by atoms with van der Waals surface area (Å²) in [5.41, 5.74) is 8.56. The fourth-order valence-electron chi connectivity index (χ4n) is 2.16. The molecule has 3 aromatic rings. The van der Waals surface area contributed by atoms with Gasteiger partial charge in [-0.15, -0.1) is 0 Å². The number of ether oxygens (including phenoxy) is 1. The van der Waals surface area contributed by atoms with Crippen LogP contribution >= 0.6 is 0 Å². The Morgan fingerprint density at radius 1 is 1.05 bits per heavy atom. The fourth-order valence-corrected chi connectivity index (χ4v) is 2.16. The maximum absolute atomic E-state index is 5.97. The monoisotopic (exact) mass is 264 g/mol. The lowest BCUT2D eigenvalue weighted by Gasteiger charge is -2.09. The highest BCUT2D eigenvalue weighted by atomic mass is 16.5. The van der Waals surface area contributed by atoms with Gasteiger partial charge in [-0.1, -0.05) is 30.3 Å². The van der Waals surface area contributed by atoms with Crippen molar-refractivity contribution in [1.82, 2.24) is 4.98 Å². The van der Waals surface area contributed by atoms with Gasteiger partial charge in [0.25, 0.3) is 0 Å². The Hall–Kier alpha value is -2.39. The van der Waals surface area contributed by atoms with Gasteiger partial charge in [0, 0.05) is 17.6 Å². The maximum atomic E-state index is 5.97. The van der Waals surface area contributed by atoms with Crippen LogP contribution in [0.15, 0.2) is 54.6 Å². The van der Waals surface area contributed by atoms with Gasteiger partial charge in [-0.2, -0.15) is 0 Å². The molecule has 1 aromatic heterocycles. The number of pyridine rings is 1. The summed E-state index contributed by atoms with van der Waals surface area (Å²) in [6.45, 7) is 2.48. The zero-order valence-electron chi connectivity index (χ0n) is 11.3. The van der Waals surface area contributed by atoms with Crippen LogP contribution in [0.5, 0.6) is 11.5 Å². The summed E-state index contributed by atoms with van der Waals surface area (Å²) in [7, 11) is 0. The van der Waals surface area contributed by atoms with E-state index in [4.69, 9.17) is 10.5 Å². The van der Waals surface area contributed by atoms with E-state index in [9.17, 15) is 0 Å². The van der Waals surface area contributed by atoms with E-state index in [0.717, 1.165) is 33.7 Å². The molecule has 1 heterocycles. The van der Waals surface area contributed by atoms with Gasteiger partial charge in [-0.05, 0) is 36.8 Å². The fraction of sp³-hybridized carbons (Fsp3) is 0.118. The van der Waals surface area contributed by atoms with Crippen molar-refractivity contribution >= 4 is 10.9 Å². The zero-order chi connectivity index (χ0) is 13.9. The smallest absolute Gasteiger partial charge is 0.153 e. The molecule has 100 valence electrons. The van der Waals surface area contributed by atoms with E-state index in [1.54, 1.807) is 0 Å². The SMILES string of the molecule is Cc1ccc2cccc(Oc3cccc(CN)c3)c2n1. The second-order valence-corrected chi connectivity index (χ2v) is 4.73. The van der Waals surface area contributed by atoms with Gasteiger partial charge in [0.2, 0.25) is 0 Å². The quantitative estimate of drug-likeness (QED) is 0.782. The molecule has 0 saturated heterocycles. The molecule has 0 atom stereocenters. The molecular formula is C17H16N2O. The molecule has 0 radical (unpaired) electrons. The first kappa shape index (κ1) is 12.6. The average molecular weight is 264 g/mol. The van der Waals surface area contributed by atoms with Crippen molar-refractivity contribution < 1.29 is 4.74 Å². The van der Waals surface area contributed by atoms with Gasteiger partial charge in [0.1, 0.15) is 11.3 Å². The molecule has 20 heavy (non-hydrogen) atoms. The molecule has 3 heteroatoms. The summed E-state index contributed by atoms with van der Waals surface area (Å²) in [4.78, 5) is 4.56. The number of nitrogens with zero attached hydrogens (tertiary/aromatic N) is 1. The minimum absolute atomic E-state index is 0.504. The first-order chi connectivity index (χ1) is 9.76. The predicted molar refractivity (Wildman–Crippen MR) is 80.9 cm³/mol. The van der Waals surface area contributed by atoms with Crippen molar-refractivity contribution in [3.63, 3.8) is 0 Å². The zero-order valence-corrected chi connectivity index (χ0v) is 11.3. The van der Waals surface area contributed by atoms with Crippen molar-refractivity contribution in [3.8, 4) is 11.5 Å². The van der Waals surface area contributed by atoms with E-state index in [1.165, 1.54) is 0 Å². The van der Waals surface area contributed by atoms with Crippen molar-refractivity contribution in [2.45, 2.75) is 13.5 Å². The Labute approximate surface area is 118 Å². The highest BCUT2D eigenvalue weighted by Crippen LogP contribution is 2.29. The lowest BCUT2D eigenvalue weighted by Crippen LogP contribution is -1.96. The third-order valence-electron chi connectivity index (χ3n) is 3.18. The van der Waals surface area contributed by atoms with Gasteiger partial charge < -0.3 is 10.5 Å². The first-order valence-corrected chi connectivity index (χ1v) is 6.59. The van der Waals surface area contributed by atoms with Crippen molar-refractivity contribution in [1.29, 1.82) is 0 Å². The van der Waals surface area contributed by atoms with Crippen LogP contribution in [0.3, 0.4) is 0 Å². The van der Waals surface area contributed by atoms with Crippen molar-refractivity contribution in [3.05, 3.63) is 65.9 Å². The molecule has 2 aromatic carbocycles. The molecule has 3 rings (SSSR count). The molecule has 0 aliphatic carbocycles. The van der Waals surface area contributed by atoms with Crippen LogP contribution in [0.1, 0.15) is 11.3 Å². The molecule has 0 saturated carbocycles. The summed E-state index contributed by atoms with van der Waals surface area (Å²) in [5, 5.41) is 1.07. The summed E-state index contributed by atoms with van der Waals surface area (Å²) in [6, 6.07) is 17.8. The molecule has 2 N–H and O–H groups in total. The number of rotatable bonds is 3. The number of aromatic nitrogens is 1. The number of nitrogens with two attached hydrogens (primary N) is 1. The number of hydrogen-bond acceptors (Lipinski definition) is 3. The number of para-hydroxylation sites is 1. The molecule has 0 bridgehead atoms. The average Bonchev–Trinajstić information content (AvgIpc) is 2.48. The molecule has 0 spiro atoms. The van der Waals surface area contributed by atoms with E-state index in [2.05, 4.69) is 11.1 Å². The Kier molecular flexibility index (Phi) is 3.35. The third-order valence-corrected chi connectivity index (χ3v) is 3.18. The number of hydrogen-bond donors (Lipinski definition) is 1. The highest BCUT2D eigenvalue weighted by Gasteiger charge is 2.05. The summed E-state index contributed by atoms with van der Waals surface area (Å²) >= 11 is 0. The van der Waals surface area contributed by atoms with Crippen LogP contribution in [0.25, 0.3) is 10.9 Å². The Bertz CT molecular complexity index is 753. The van der Waals surface area contributed by atoms with Crippen LogP contribution in [-0.4, -0.2) is 4.98 Å². The minimum Gasteiger partial charge on any atom is -0.455 e. The second kappa shape index (κ2) is 5.31. The number of fused-ring (bicyclic) bond motifs is 1. The van der Waals surface area contributed by atoms with Crippen LogP contribution in [0, 0.1) is 6.92 Å². The minimum atomic E-state index is 0.504. The molecule has 3 nitrogen and oxygen atoms in total. The standard InChI is InChI=1S/C17H16N2O/c1-12-8-9-14-5-3-7-16(17(14)19-12)20-15-6-2-4-13(10-15)11-18/h2-10H,11,18H2,1H3. The van der Waals surface area contributed by atoms with Crippen LogP contribution in [0.4, 0.5) is 0 Å². The van der Waals surface area contributed by atoms with E-state index in [0.29, 0.717) is 6.54 Å². The van der Waals surface area contributed by atoms with E-state index >= 15 is 0 Å². The van der Waals surface area contributed by atoms with Crippen LogP contribution in [0.2, 0.25) is 0 Å². The molecule has 0 unspecified atom stereocenters. The van der Waals surface area contributed by atoms with Crippen molar-refractivity contribution in [2.75, 3.05) is 0 Å². The Morgan fingerprint density at radius 2 is 1.90 bits per heavy atom. The molecule has 0 aliphatic heterocycles. The summed E-state index contributed by atoms with van der Waals surface area (Å²) in [6.07, 6.45) is 0. The van der Waals surface area contributed by atoms with Crippen LogP contribution in [-0.2, 0) is 6.54 Å². The lowest BCUT2D eigenvalue weighted by molar-refractivity contribution is 0.486. The summed E-state index contributed by atoms with van der Waals surface area (Å²) in [5.74, 6) is 1.55. The Morgan fingerprint density at radius 3 is 2.75 bits per heavy atom. The van der Waals surface area contributed by atoms with E-state index in [1.807, 2.05) is 55.5 Å². The van der Waals surface area contributed by atoms with Gasteiger partial charge in [-0.25, -0.2) is 4.98 Å². The molecular weight excluding hydrogens is 248 g/mol. The van der Waals surface area contributed by atoms with Gasteiger partial charge in [-0.3, -0.25) is 0 Å². The maximum Gasteiger partial charge on any atom is 0.153 e. The van der Waals surface area contributed by atoms with Gasteiger partial charge >= 0.3 is 0 Å². The summed E-state index contributed by atoms with van der Waals surface area (Å²) < 4.78 is 5.97. The molecule has 0 aliphatic rings. The number of aryl methyl sites for hydroxylation is 1. The third kappa shape index (κ3) is 2.49. The second-order valence-electron chi connectivity index (χ2n) is 4.73. The van der Waals surface area contributed by atoms with Gasteiger partial charge in [0.05, 0.1) is 0 Å². The largest absolute Gasteiger partial charge is 0.455 e.